The molecule has 0 unspecified atom stereocenters. The summed E-state index contributed by atoms with van der Waals surface area (Å²) in [4.78, 5) is 7.49. The molecule has 0 fully saturated rings. The van der Waals surface area contributed by atoms with Gasteiger partial charge in [0.2, 0.25) is 0 Å². The zero-order chi connectivity index (χ0) is 21.3. The molecular weight excluding hydrogens is 387 g/mol. The molecule has 0 aliphatic rings. The van der Waals surface area contributed by atoms with Crippen molar-refractivity contribution in [3.63, 3.8) is 0 Å². The number of benzene rings is 3. The van der Waals surface area contributed by atoms with Gasteiger partial charge in [-0.2, -0.15) is 0 Å². The maximum Gasteiger partial charge on any atom is 0.170 e. The first-order valence-corrected chi connectivity index (χ1v) is 8.86. The van der Waals surface area contributed by atoms with Crippen molar-refractivity contribution in [1.82, 2.24) is 9.97 Å². The second-order valence-electron chi connectivity index (χ2n) is 6.56. The maximum absolute atomic E-state index is 14.9. The van der Waals surface area contributed by atoms with Crippen LogP contribution >= 0.6 is 0 Å². The van der Waals surface area contributed by atoms with Gasteiger partial charge in [0.1, 0.15) is 11.6 Å². The molecule has 0 amide bonds. The van der Waals surface area contributed by atoms with Gasteiger partial charge < -0.3 is 26.9 Å². The Balaban J connectivity index is 1.68. The number of H-pyrrole nitrogens is 1. The summed E-state index contributed by atoms with van der Waals surface area (Å²) < 4.78 is 14.9. The maximum atomic E-state index is 14.9. The molecule has 1 heterocycles. The van der Waals surface area contributed by atoms with E-state index in [0.717, 1.165) is 5.56 Å². The SMILES string of the molecule is NC(=NO)c1ccc(-c2ccc(-c3nc4ccc(C(N)=NO)cc4[nH]3)c(F)c2)cc1. The van der Waals surface area contributed by atoms with Crippen molar-refractivity contribution < 1.29 is 14.8 Å². The second kappa shape index (κ2) is 7.55. The predicted octanol–water partition coefficient (Wildman–Crippen LogP) is 3.23. The van der Waals surface area contributed by atoms with Gasteiger partial charge in [0.15, 0.2) is 11.7 Å². The lowest BCUT2D eigenvalue weighted by atomic mass is 10.0. The van der Waals surface area contributed by atoms with Gasteiger partial charge in [-0.1, -0.05) is 40.6 Å². The van der Waals surface area contributed by atoms with E-state index in [0.29, 0.717) is 39.1 Å². The molecule has 7 N–H and O–H groups in total. The van der Waals surface area contributed by atoms with Crippen LogP contribution in [0.25, 0.3) is 33.5 Å². The van der Waals surface area contributed by atoms with Crippen molar-refractivity contribution in [2.75, 3.05) is 0 Å². The van der Waals surface area contributed by atoms with Crippen LogP contribution in [0.4, 0.5) is 4.39 Å². The fraction of sp³-hybridized carbons (Fsp3) is 0. The summed E-state index contributed by atoms with van der Waals surface area (Å²) in [5, 5.41) is 23.5. The van der Waals surface area contributed by atoms with Gasteiger partial charge in [-0.25, -0.2) is 9.37 Å². The summed E-state index contributed by atoms with van der Waals surface area (Å²) in [7, 11) is 0. The summed E-state index contributed by atoms with van der Waals surface area (Å²) in [5.74, 6) is -0.0959. The third-order valence-electron chi connectivity index (χ3n) is 4.73. The summed E-state index contributed by atoms with van der Waals surface area (Å²) in [5.41, 5.74) is 15.3. The highest BCUT2D eigenvalue weighted by molar-refractivity contribution is 6.00. The first kappa shape index (κ1) is 18.9. The molecule has 9 heteroatoms. The van der Waals surface area contributed by atoms with Crippen LogP contribution in [0.1, 0.15) is 11.1 Å². The first-order valence-electron chi connectivity index (χ1n) is 8.86. The molecule has 0 bridgehead atoms. The van der Waals surface area contributed by atoms with Crippen LogP contribution < -0.4 is 11.5 Å². The van der Waals surface area contributed by atoms with Crippen molar-refractivity contribution in [3.8, 4) is 22.5 Å². The first-order chi connectivity index (χ1) is 14.5. The number of imidazole rings is 1. The van der Waals surface area contributed by atoms with Crippen molar-refractivity contribution >= 4 is 22.7 Å². The zero-order valence-electron chi connectivity index (χ0n) is 15.5. The van der Waals surface area contributed by atoms with Crippen LogP contribution in [-0.4, -0.2) is 32.1 Å². The van der Waals surface area contributed by atoms with Crippen LogP contribution in [0.5, 0.6) is 0 Å². The number of hydrogen-bond acceptors (Lipinski definition) is 5. The Morgan fingerprint density at radius 2 is 1.47 bits per heavy atom. The number of amidine groups is 2. The molecule has 0 spiro atoms. The number of nitrogens with one attached hydrogen (secondary N) is 1. The second-order valence-corrected chi connectivity index (χ2v) is 6.56. The number of fused-ring (bicyclic) bond motifs is 1. The third-order valence-corrected chi connectivity index (χ3v) is 4.73. The lowest BCUT2D eigenvalue weighted by Gasteiger charge is -2.06. The molecule has 8 nitrogen and oxygen atoms in total. The number of aromatic amines is 1. The van der Waals surface area contributed by atoms with Gasteiger partial charge in [-0.3, -0.25) is 0 Å². The molecule has 3 aromatic carbocycles. The fourth-order valence-corrected chi connectivity index (χ4v) is 3.13. The summed E-state index contributed by atoms with van der Waals surface area (Å²) in [6.45, 7) is 0. The van der Waals surface area contributed by atoms with Crippen molar-refractivity contribution in [2.45, 2.75) is 0 Å². The molecule has 0 saturated heterocycles. The average Bonchev–Trinajstić information content (AvgIpc) is 3.21. The highest BCUT2D eigenvalue weighted by Gasteiger charge is 2.13. The van der Waals surface area contributed by atoms with Crippen LogP contribution in [0.3, 0.4) is 0 Å². The van der Waals surface area contributed by atoms with E-state index in [9.17, 15) is 4.39 Å². The Bertz CT molecular complexity index is 1290. The lowest BCUT2D eigenvalue weighted by Crippen LogP contribution is -2.12. The van der Waals surface area contributed by atoms with E-state index in [2.05, 4.69) is 20.3 Å². The molecule has 30 heavy (non-hydrogen) atoms. The number of halogens is 1. The van der Waals surface area contributed by atoms with Gasteiger partial charge in [-0.05, 0) is 41.5 Å². The van der Waals surface area contributed by atoms with Gasteiger partial charge in [0, 0.05) is 11.1 Å². The van der Waals surface area contributed by atoms with E-state index < -0.39 is 5.82 Å². The molecule has 0 radical (unpaired) electrons. The number of nitrogens with two attached hydrogens (primary N) is 2. The molecule has 0 aliphatic heterocycles. The van der Waals surface area contributed by atoms with Crippen molar-refractivity contribution in [2.24, 2.45) is 21.8 Å². The van der Waals surface area contributed by atoms with E-state index in [1.807, 2.05) is 0 Å². The van der Waals surface area contributed by atoms with Gasteiger partial charge >= 0.3 is 0 Å². The third kappa shape index (κ3) is 3.39. The average molecular weight is 404 g/mol. The molecule has 150 valence electrons. The number of nitrogens with zero attached hydrogens (tertiary/aromatic N) is 3. The molecule has 0 aliphatic carbocycles. The van der Waals surface area contributed by atoms with Crippen LogP contribution in [0, 0.1) is 5.82 Å². The molecule has 0 atom stereocenters. The van der Waals surface area contributed by atoms with Gasteiger partial charge in [0.05, 0.1) is 16.6 Å². The van der Waals surface area contributed by atoms with Crippen molar-refractivity contribution in [1.29, 1.82) is 0 Å². The highest BCUT2D eigenvalue weighted by Crippen LogP contribution is 2.28. The zero-order valence-corrected chi connectivity index (χ0v) is 15.5. The molecular formula is C21H17FN6O2. The number of oxime groups is 2. The smallest absolute Gasteiger partial charge is 0.170 e. The Morgan fingerprint density at radius 1 is 0.833 bits per heavy atom. The van der Waals surface area contributed by atoms with Crippen LogP contribution in [-0.2, 0) is 0 Å². The van der Waals surface area contributed by atoms with E-state index in [1.54, 1.807) is 54.6 Å². The topological polar surface area (TPSA) is 146 Å². The van der Waals surface area contributed by atoms with Crippen LogP contribution in [0.2, 0.25) is 0 Å². The monoisotopic (exact) mass is 404 g/mol. The quantitative estimate of drug-likeness (QED) is 0.153. The number of hydrogen-bond donors (Lipinski definition) is 5. The lowest BCUT2D eigenvalue weighted by molar-refractivity contribution is 0.318. The van der Waals surface area contributed by atoms with E-state index >= 15 is 0 Å². The van der Waals surface area contributed by atoms with Crippen molar-refractivity contribution in [3.05, 3.63) is 77.6 Å². The highest BCUT2D eigenvalue weighted by atomic mass is 19.1. The minimum absolute atomic E-state index is 0.00291. The summed E-state index contributed by atoms with van der Waals surface area (Å²) >= 11 is 0. The van der Waals surface area contributed by atoms with Crippen LogP contribution in [0.15, 0.2) is 71.0 Å². The van der Waals surface area contributed by atoms with E-state index in [1.165, 1.54) is 6.07 Å². The van der Waals surface area contributed by atoms with Gasteiger partial charge in [-0.15, -0.1) is 0 Å². The summed E-state index contributed by atoms with van der Waals surface area (Å²) in [6.07, 6.45) is 0. The van der Waals surface area contributed by atoms with E-state index in [-0.39, 0.29) is 11.7 Å². The Morgan fingerprint density at radius 3 is 2.13 bits per heavy atom. The molecule has 1 aromatic heterocycles. The molecule has 4 aromatic rings. The predicted molar refractivity (Wildman–Crippen MR) is 112 cm³/mol. The standard InChI is InChI=1S/C21H17FN6O2/c22-16-9-13(11-1-3-12(4-2-11)19(23)27-29)5-7-15(16)21-25-17-8-6-14(20(24)28-30)10-18(17)26-21/h1-10,29-30H,(H2,23,27)(H2,24,28)(H,25,26). The largest absolute Gasteiger partial charge is 0.409 e. The summed E-state index contributed by atoms with van der Waals surface area (Å²) in [6, 6.07) is 16.8. The van der Waals surface area contributed by atoms with E-state index in [4.69, 9.17) is 21.9 Å². The molecule has 0 saturated carbocycles. The number of rotatable bonds is 4. The Kier molecular flexibility index (Phi) is 4.77. The minimum atomic E-state index is -0.441. The fourth-order valence-electron chi connectivity index (χ4n) is 3.13. The van der Waals surface area contributed by atoms with Gasteiger partial charge in [0.25, 0.3) is 0 Å². The Hall–Kier alpha value is -4.40. The minimum Gasteiger partial charge on any atom is -0.409 e. The normalized spacial score (nSPS) is 12.4. The Labute approximate surface area is 170 Å². The number of aromatic nitrogens is 2. The molecule has 4 rings (SSSR count).